The molecule has 1 rings (SSSR count). The van der Waals surface area contributed by atoms with E-state index in [0.29, 0.717) is 0 Å². The molecule has 0 radical (unpaired) electrons. The molecule has 0 amide bonds. The Kier molecular flexibility index (Phi) is 3.53. The lowest BCUT2D eigenvalue weighted by Gasteiger charge is -2.21. The summed E-state index contributed by atoms with van der Waals surface area (Å²) in [4.78, 5) is 0. The largest absolute Gasteiger partial charge is 0.326 e. The molecule has 2 heteroatoms. The maximum atomic E-state index is 5.97. The fraction of sp³-hybridized carbons (Fsp3) is 0.538. The van der Waals surface area contributed by atoms with E-state index in [9.17, 15) is 0 Å². The molecule has 0 aliphatic heterocycles. The average molecular weight is 206 g/mol. The predicted molar refractivity (Wildman–Crippen MR) is 65.7 cm³/mol. The molecule has 15 heavy (non-hydrogen) atoms. The average Bonchev–Trinajstić information content (AvgIpc) is 2.15. The van der Waals surface area contributed by atoms with Crippen molar-refractivity contribution in [2.45, 2.75) is 45.2 Å². The Hall–Kier alpha value is -0.860. The normalized spacial score (nSPS) is 16.1. The van der Waals surface area contributed by atoms with Gasteiger partial charge in [0.15, 0.2) is 0 Å². The predicted octanol–water partition coefficient (Wildman–Crippen LogP) is 2.33. The molecule has 0 saturated heterocycles. The Bertz CT molecular complexity index is 306. The van der Waals surface area contributed by atoms with Gasteiger partial charge in [-0.2, -0.15) is 0 Å². The van der Waals surface area contributed by atoms with Crippen molar-refractivity contribution in [3.05, 3.63) is 35.4 Å². The van der Waals surface area contributed by atoms with E-state index in [2.05, 4.69) is 45.0 Å². The summed E-state index contributed by atoms with van der Waals surface area (Å²) in [7, 11) is 0. The Morgan fingerprint density at radius 3 is 1.80 bits per heavy atom. The lowest BCUT2D eigenvalue weighted by molar-refractivity contribution is 0.579. The van der Waals surface area contributed by atoms with Crippen molar-refractivity contribution in [2.75, 3.05) is 0 Å². The van der Waals surface area contributed by atoms with Crippen molar-refractivity contribution >= 4 is 0 Å². The molecular weight excluding hydrogens is 184 g/mol. The first-order valence-electron chi connectivity index (χ1n) is 5.44. The van der Waals surface area contributed by atoms with E-state index in [4.69, 9.17) is 11.5 Å². The van der Waals surface area contributed by atoms with Crippen molar-refractivity contribution in [1.82, 2.24) is 0 Å². The molecule has 2 nitrogen and oxygen atoms in total. The molecule has 0 saturated carbocycles. The van der Waals surface area contributed by atoms with Gasteiger partial charge in [-0.15, -0.1) is 0 Å². The van der Waals surface area contributed by atoms with Crippen LogP contribution in [-0.2, 0) is 5.41 Å². The minimum atomic E-state index is -0.0704. The molecule has 1 aromatic carbocycles. The zero-order valence-corrected chi connectivity index (χ0v) is 10.1. The summed E-state index contributed by atoms with van der Waals surface area (Å²) in [6.07, 6.45) is 0. The lowest BCUT2D eigenvalue weighted by atomic mass is 9.86. The minimum Gasteiger partial charge on any atom is -0.326 e. The molecule has 0 spiro atoms. The zero-order chi connectivity index (χ0) is 11.6. The van der Waals surface area contributed by atoms with Crippen LogP contribution >= 0.6 is 0 Å². The van der Waals surface area contributed by atoms with Gasteiger partial charge in [0.2, 0.25) is 0 Å². The van der Waals surface area contributed by atoms with Crippen LogP contribution in [0.5, 0.6) is 0 Å². The molecular formula is C13H22N2. The number of hydrogen-bond donors (Lipinski definition) is 2. The first-order chi connectivity index (χ1) is 6.82. The van der Waals surface area contributed by atoms with Crippen LogP contribution in [-0.4, -0.2) is 6.04 Å². The molecule has 0 aliphatic carbocycles. The molecule has 1 aromatic rings. The van der Waals surface area contributed by atoms with Crippen molar-refractivity contribution < 1.29 is 0 Å². The Balaban J connectivity index is 2.91. The van der Waals surface area contributed by atoms with E-state index >= 15 is 0 Å². The molecule has 84 valence electrons. The van der Waals surface area contributed by atoms with E-state index in [-0.39, 0.29) is 17.5 Å². The third-order valence-corrected chi connectivity index (χ3v) is 2.73. The van der Waals surface area contributed by atoms with Crippen LogP contribution in [0.4, 0.5) is 0 Å². The summed E-state index contributed by atoms with van der Waals surface area (Å²) < 4.78 is 0. The number of benzene rings is 1. The zero-order valence-electron chi connectivity index (χ0n) is 10.1. The van der Waals surface area contributed by atoms with Crippen LogP contribution in [0, 0.1) is 0 Å². The highest BCUT2D eigenvalue weighted by Crippen LogP contribution is 2.23. The SMILES string of the molecule is CC(N)C(N)c1ccc(C(C)(C)C)cc1. The first kappa shape index (κ1) is 12.2. The molecule has 2 atom stereocenters. The van der Waals surface area contributed by atoms with Crippen LogP contribution in [0.2, 0.25) is 0 Å². The number of nitrogens with two attached hydrogens (primary N) is 2. The van der Waals surface area contributed by atoms with Crippen LogP contribution in [0.3, 0.4) is 0 Å². The fourth-order valence-corrected chi connectivity index (χ4v) is 1.51. The van der Waals surface area contributed by atoms with Crippen molar-refractivity contribution in [3.8, 4) is 0 Å². The molecule has 0 bridgehead atoms. The molecule has 0 aliphatic rings. The molecule has 2 unspecified atom stereocenters. The van der Waals surface area contributed by atoms with Gasteiger partial charge in [-0.25, -0.2) is 0 Å². The summed E-state index contributed by atoms with van der Waals surface area (Å²) in [6.45, 7) is 8.54. The maximum Gasteiger partial charge on any atom is 0.0445 e. The quantitative estimate of drug-likeness (QED) is 0.780. The van der Waals surface area contributed by atoms with Crippen LogP contribution < -0.4 is 11.5 Å². The summed E-state index contributed by atoms with van der Waals surface area (Å²) in [5, 5.41) is 0. The van der Waals surface area contributed by atoms with Crippen molar-refractivity contribution in [2.24, 2.45) is 11.5 Å². The summed E-state index contributed by atoms with van der Waals surface area (Å²) in [5.74, 6) is 0. The van der Waals surface area contributed by atoms with Gasteiger partial charge < -0.3 is 11.5 Å². The second-order valence-electron chi connectivity index (χ2n) is 5.26. The van der Waals surface area contributed by atoms with Gasteiger partial charge >= 0.3 is 0 Å². The highest BCUT2D eigenvalue weighted by Gasteiger charge is 2.15. The second kappa shape index (κ2) is 4.33. The van der Waals surface area contributed by atoms with Gasteiger partial charge in [0.05, 0.1) is 0 Å². The van der Waals surface area contributed by atoms with Gasteiger partial charge in [-0.05, 0) is 23.5 Å². The van der Waals surface area contributed by atoms with Gasteiger partial charge in [0.25, 0.3) is 0 Å². The third-order valence-electron chi connectivity index (χ3n) is 2.73. The van der Waals surface area contributed by atoms with Crippen LogP contribution in [0.15, 0.2) is 24.3 Å². The first-order valence-corrected chi connectivity index (χ1v) is 5.44. The highest BCUT2D eigenvalue weighted by atomic mass is 14.8. The lowest BCUT2D eigenvalue weighted by Crippen LogP contribution is -2.31. The van der Waals surface area contributed by atoms with Gasteiger partial charge in [0, 0.05) is 12.1 Å². The topological polar surface area (TPSA) is 52.0 Å². The van der Waals surface area contributed by atoms with Gasteiger partial charge in [-0.3, -0.25) is 0 Å². The minimum absolute atomic E-state index is 0.00881. The molecule has 0 aromatic heterocycles. The van der Waals surface area contributed by atoms with E-state index in [1.54, 1.807) is 0 Å². The fourth-order valence-electron chi connectivity index (χ4n) is 1.51. The van der Waals surface area contributed by atoms with Crippen molar-refractivity contribution in [3.63, 3.8) is 0 Å². The smallest absolute Gasteiger partial charge is 0.0445 e. The maximum absolute atomic E-state index is 5.97. The van der Waals surface area contributed by atoms with Gasteiger partial charge in [0.1, 0.15) is 0 Å². The standard InChI is InChI=1S/C13H22N2/c1-9(14)12(15)10-5-7-11(8-6-10)13(2,3)4/h5-9,12H,14-15H2,1-4H3. The van der Waals surface area contributed by atoms with Crippen molar-refractivity contribution in [1.29, 1.82) is 0 Å². The van der Waals surface area contributed by atoms with Crippen LogP contribution in [0.1, 0.15) is 44.9 Å². The van der Waals surface area contributed by atoms with E-state index in [1.807, 2.05) is 6.92 Å². The molecule has 4 N–H and O–H groups in total. The number of hydrogen-bond acceptors (Lipinski definition) is 2. The van der Waals surface area contributed by atoms with E-state index in [1.165, 1.54) is 5.56 Å². The second-order valence-corrected chi connectivity index (χ2v) is 5.26. The summed E-state index contributed by atoms with van der Waals surface area (Å²) in [6, 6.07) is 8.35. The Morgan fingerprint density at radius 2 is 1.47 bits per heavy atom. The van der Waals surface area contributed by atoms with Gasteiger partial charge in [-0.1, -0.05) is 45.0 Å². The Labute approximate surface area is 92.7 Å². The summed E-state index contributed by atoms with van der Waals surface area (Å²) in [5.41, 5.74) is 14.4. The molecule has 0 fully saturated rings. The third kappa shape index (κ3) is 3.05. The van der Waals surface area contributed by atoms with E-state index < -0.39 is 0 Å². The van der Waals surface area contributed by atoms with E-state index in [0.717, 1.165) is 5.56 Å². The number of rotatable bonds is 2. The monoisotopic (exact) mass is 206 g/mol. The summed E-state index contributed by atoms with van der Waals surface area (Å²) >= 11 is 0. The highest BCUT2D eigenvalue weighted by molar-refractivity contribution is 5.29. The molecule has 0 heterocycles. The Morgan fingerprint density at radius 1 is 1.00 bits per heavy atom. The van der Waals surface area contributed by atoms with Crippen LogP contribution in [0.25, 0.3) is 0 Å².